The van der Waals surface area contributed by atoms with Gasteiger partial charge in [0.1, 0.15) is 18.4 Å². The highest BCUT2D eigenvalue weighted by molar-refractivity contribution is 5.98. The predicted molar refractivity (Wildman–Crippen MR) is 118 cm³/mol. The molecule has 0 bridgehead atoms. The van der Waals surface area contributed by atoms with Crippen molar-refractivity contribution >= 4 is 5.91 Å². The van der Waals surface area contributed by atoms with Crippen molar-refractivity contribution in [2.45, 2.75) is 12.5 Å². The first-order valence-corrected chi connectivity index (χ1v) is 10.2. The number of benzene rings is 2. The minimum Gasteiger partial charge on any atom is -0.493 e. The number of nitrogens with one attached hydrogen (secondary N) is 1. The molecule has 3 heterocycles. The van der Waals surface area contributed by atoms with Crippen molar-refractivity contribution in [1.29, 1.82) is 0 Å². The van der Waals surface area contributed by atoms with E-state index in [9.17, 15) is 4.79 Å². The smallest absolute Gasteiger partial charge is 0.253 e. The number of hydrogen-bond acceptors (Lipinski definition) is 6. The molecule has 32 heavy (non-hydrogen) atoms. The highest BCUT2D eigenvalue weighted by atomic mass is 16.5. The van der Waals surface area contributed by atoms with Gasteiger partial charge in [-0.25, -0.2) is 4.98 Å². The van der Waals surface area contributed by atoms with Crippen molar-refractivity contribution < 1.29 is 14.3 Å². The highest BCUT2D eigenvalue weighted by Crippen LogP contribution is 2.36. The number of pyridine rings is 1. The van der Waals surface area contributed by atoms with Crippen LogP contribution in [0.5, 0.6) is 11.6 Å². The summed E-state index contributed by atoms with van der Waals surface area (Å²) >= 11 is 0. The molecule has 0 fully saturated rings. The summed E-state index contributed by atoms with van der Waals surface area (Å²) in [6.07, 6.45) is 5.60. The average Bonchev–Trinajstić information content (AvgIpc) is 3.39. The third-order valence-corrected chi connectivity index (χ3v) is 5.48. The number of carbonyl (C=O) groups excluding carboxylic acids is 1. The Morgan fingerprint density at radius 2 is 1.91 bits per heavy atom. The number of carbonyl (C=O) groups is 1. The van der Waals surface area contributed by atoms with Gasteiger partial charge in [0.25, 0.3) is 5.91 Å². The molecule has 2 aromatic carbocycles. The Hall–Kier alpha value is -4.20. The van der Waals surface area contributed by atoms with E-state index in [2.05, 4.69) is 26.6 Å². The average molecular weight is 427 g/mol. The molecule has 1 atom stereocenters. The first-order valence-electron chi connectivity index (χ1n) is 10.2. The van der Waals surface area contributed by atoms with Crippen LogP contribution in [0.1, 0.15) is 28.4 Å². The number of para-hydroxylation sites is 1. The zero-order chi connectivity index (χ0) is 21.9. The van der Waals surface area contributed by atoms with Crippen molar-refractivity contribution in [2.75, 3.05) is 13.7 Å². The van der Waals surface area contributed by atoms with Crippen molar-refractivity contribution in [3.05, 3.63) is 84.6 Å². The predicted octanol–water partition coefficient (Wildman–Crippen LogP) is 3.59. The topological polar surface area (TPSA) is 91.2 Å². The van der Waals surface area contributed by atoms with Crippen LogP contribution in [0.2, 0.25) is 0 Å². The van der Waals surface area contributed by atoms with E-state index in [-0.39, 0.29) is 11.9 Å². The molecule has 1 aliphatic heterocycles. The van der Waals surface area contributed by atoms with Crippen LogP contribution in [-0.4, -0.2) is 39.4 Å². The van der Waals surface area contributed by atoms with E-state index >= 15 is 0 Å². The standard InChI is InChI=1S/C24H21N5O3/c1-31-23-9-7-17(13-25-23)16-6-8-22-19(12-16)20(10-11-32-22)28-24(30)18-4-2-3-5-21(18)29-14-26-27-15-29/h2-9,12-15,20H,10-11H2,1H3,(H,28,30). The van der Waals surface area contributed by atoms with Crippen LogP contribution in [0.4, 0.5) is 0 Å². The monoisotopic (exact) mass is 427 g/mol. The molecule has 1 N–H and O–H groups in total. The van der Waals surface area contributed by atoms with Gasteiger partial charge in [0.2, 0.25) is 5.88 Å². The van der Waals surface area contributed by atoms with Crippen molar-refractivity contribution in [3.63, 3.8) is 0 Å². The lowest BCUT2D eigenvalue weighted by Gasteiger charge is -2.27. The number of aromatic nitrogens is 4. The Labute approximate surface area is 184 Å². The van der Waals surface area contributed by atoms with Gasteiger partial charge in [-0.3, -0.25) is 9.36 Å². The van der Waals surface area contributed by atoms with Crippen LogP contribution < -0.4 is 14.8 Å². The maximum absolute atomic E-state index is 13.2. The zero-order valence-corrected chi connectivity index (χ0v) is 17.4. The molecule has 160 valence electrons. The Balaban J connectivity index is 1.44. The minimum atomic E-state index is -0.175. The van der Waals surface area contributed by atoms with E-state index in [0.717, 1.165) is 28.1 Å². The largest absolute Gasteiger partial charge is 0.493 e. The third-order valence-electron chi connectivity index (χ3n) is 5.48. The van der Waals surface area contributed by atoms with Crippen LogP contribution in [0.15, 0.2) is 73.4 Å². The summed E-state index contributed by atoms with van der Waals surface area (Å²) in [5.41, 5.74) is 4.17. The number of amides is 1. The van der Waals surface area contributed by atoms with E-state index in [1.54, 1.807) is 36.6 Å². The lowest BCUT2D eigenvalue weighted by Crippen LogP contribution is -2.32. The second-order valence-electron chi connectivity index (χ2n) is 7.39. The van der Waals surface area contributed by atoms with Gasteiger partial charge >= 0.3 is 0 Å². The third kappa shape index (κ3) is 3.78. The minimum absolute atomic E-state index is 0.163. The Morgan fingerprint density at radius 1 is 1.09 bits per heavy atom. The summed E-state index contributed by atoms with van der Waals surface area (Å²) in [6.45, 7) is 0.536. The fourth-order valence-corrected chi connectivity index (χ4v) is 3.85. The number of ether oxygens (including phenoxy) is 2. The van der Waals surface area contributed by atoms with Gasteiger partial charge in [-0.1, -0.05) is 18.2 Å². The Morgan fingerprint density at radius 3 is 2.69 bits per heavy atom. The van der Waals surface area contributed by atoms with Crippen LogP contribution >= 0.6 is 0 Å². The van der Waals surface area contributed by atoms with E-state index in [4.69, 9.17) is 9.47 Å². The van der Waals surface area contributed by atoms with Crippen LogP contribution in [0.25, 0.3) is 16.8 Å². The molecule has 0 spiro atoms. The maximum Gasteiger partial charge on any atom is 0.253 e. The van der Waals surface area contributed by atoms with E-state index in [1.165, 1.54) is 0 Å². The quantitative estimate of drug-likeness (QED) is 0.523. The molecule has 5 rings (SSSR count). The van der Waals surface area contributed by atoms with E-state index in [0.29, 0.717) is 24.5 Å². The SMILES string of the molecule is COc1ccc(-c2ccc3c(c2)C(NC(=O)c2ccccc2-n2cnnc2)CCO3)cn1. The molecule has 4 aromatic rings. The lowest BCUT2D eigenvalue weighted by atomic mass is 9.95. The van der Waals surface area contributed by atoms with Gasteiger partial charge in [-0.15, -0.1) is 10.2 Å². The fraction of sp³-hybridized carbons (Fsp3) is 0.167. The van der Waals surface area contributed by atoms with Crippen LogP contribution in [0, 0.1) is 0 Å². The lowest BCUT2D eigenvalue weighted by molar-refractivity contribution is 0.0925. The molecule has 8 heteroatoms. The second-order valence-corrected chi connectivity index (χ2v) is 7.39. The molecule has 0 saturated carbocycles. The number of nitrogens with zero attached hydrogens (tertiary/aromatic N) is 4. The molecule has 1 amide bonds. The highest BCUT2D eigenvalue weighted by Gasteiger charge is 2.25. The first kappa shape index (κ1) is 19.7. The molecule has 0 aliphatic carbocycles. The molecule has 2 aromatic heterocycles. The maximum atomic E-state index is 13.2. The summed E-state index contributed by atoms with van der Waals surface area (Å²) in [4.78, 5) is 17.5. The Bertz CT molecular complexity index is 1240. The van der Waals surface area contributed by atoms with Gasteiger partial charge in [-0.2, -0.15) is 0 Å². The summed E-state index contributed by atoms with van der Waals surface area (Å²) in [5, 5.41) is 10.9. The number of methoxy groups -OCH3 is 1. The van der Waals surface area contributed by atoms with Gasteiger partial charge in [0.05, 0.1) is 31.0 Å². The molecule has 0 radical (unpaired) electrons. The normalized spacial score (nSPS) is 14.8. The van der Waals surface area contributed by atoms with E-state index in [1.807, 2.05) is 42.5 Å². The molecule has 8 nitrogen and oxygen atoms in total. The van der Waals surface area contributed by atoms with Crippen LogP contribution in [0.3, 0.4) is 0 Å². The molecular formula is C24H21N5O3. The van der Waals surface area contributed by atoms with Crippen molar-refractivity contribution in [2.24, 2.45) is 0 Å². The zero-order valence-electron chi connectivity index (χ0n) is 17.4. The van der Waals surface area contributed by atoms with Gasteiger partial charge in [0, 0.05) is 29.8 Å². The summed E-state index contributed by atoms with van der Waals surface area (Å²) in [5.74, 6) is 1.18. The van der Waals surface area contributed by atoms with Crippen molar-refractivity contribution in [3.8, 4) is 28.4 Å². The van der Waals surface area contributed by atoms with Crippen molar-refractivity contribution in [1.82, 2.24) is 25.1 Å². The summed E-state index contributed by atoms with van der Waals surface area (Å²) in [7, 11) is 1.59. The van der Waals surface area contributed by atoms with Gasteiger partial charge in [-0.05, 0) is 35.9 Å². The summed E-state index contributed by atoms with van der Waals surface area (Å²) < 4.78 is 12.7. The van der Waals surface area contributed by atoms with Crippen LogP contribution in [-0.2, 0) is 0 Å². The molecule has 1 unspecified atom stereocenters. The van der Waals surface area contributed by atoms with Gasteiger partial charge < -0.3 is 14.8 Å². The van der Waals surface area contributed by atoms with E-state index < -0.39 is 0 Å². The number of hydrogen-bond donors (Lipinski definition) is 1. The summed E-state index contributed by atoms with van der Waals surface area (Å²) in [6, 6.07) is 17.0. The number of rotatable bonds is 5. The van der Waals surface area contributed by atoms with Gasteiger partial charge in [0.15, 0.2) is 0 Å². The molecule has 0 saturated heterocycles. The number of fused-ring (bicyclic) bond motifs is 1. The molecule has 1 aliphatic rings. The molecular weight excluding hydrogens is 406 g/mol. The second kappa shape index (κ2) is 8.50. The fourth-order valence-electron chi connectivity index (χ4n) is 3.85. The Kier molecular flexibility index (Phi) is 5.25. The first-order chi connectivity index (χ1) is 15.7.